The molecule has 0 bridgehead atoms. The molecule has 0 spiro atoms. The number of aromatic nitrogens is 1. The molecule has 0 saturated carbocycles. The van der Waals surface area contributed by atoms with Crippen LogP contribution in [-0.4, -0.2) is 30.3 Å². The van der Waals surface area contributed by atoms with Crippen LogP contribution in [0.2, 0.25) is 0 Å². The molecule has 1 aromatic heterocycles. The van der Waals surface area contributed by atoms with E-state index >= 15 is 0 Å². The van der Waals surface area contributed by atoms with E-state index in [-0.39, 0.29) is 12.1 Å². The second-order valence-electron chi connectivity index (χ2n) is 5.99. The fraction of sp³-hybridized carbons (Fsp3) is 0.368. The second-order valence-corrected chi connectivity index (χ2v) is 5.99. The largest absolute Gasteiger partial charge is 0.491 e. The number of benzene rings is 1. The summed E-state index contributed by atoms with van der Waals surface area (Å²) in [5.74, 6) is 0.774. The highest BCUT2D eigenvalue weighted by Crippen LogP contribution is 2.18. The van der Waals surface area contributed by atoms with E-state index in [0.29, 0.717) is 18.8 Å². The van der Waals surface area contributed by atoms with E-state index in [9.17, 15) is 4.79 Å². The number of carbonyl (C=O) groups excluding carboxylic acids is 1. The summed E-state index contributed by atoms with van der Waals surface area (Å²) in [5.41, 5.74) is 1.66. The molecule has 1 aliphatic rings. The lowest BCUT2D eigenvalue weighted by Crippen LogP contribution is -2.28. The number of carbonyl (C=O) groups is 1. The van der Waals surface area contributed by atoms with Crippen molar-refractivity contribution in [2.24, 2.45) is 0 Å². The molecule has 2 amide bonds. The number of anilines is 1. The lowest BCUT2D eigenvalue weighted by molar-refractivity contribution is -0.0110. The maximum Gasteiger partial charge on any atom is 0.319 e. The van der Waals surface area contributed by atoms with Crippen LogP contribution >= 0.6 is 0 Å². The number of pyridine rings is 1. The molecular weight excluding hydrogens is 318 g/mol. The van der Waals surface area contributed by atoms with Crippen molar-refractivity contribution in [1.82, 2.24) is 10.3 Å². The van der Waals surface area contributed by atoms with E-state index in [1.807, 2.05) is 36.4 Å². The third-order valence-electron chi connectivity index (χ3n) is 4.00. The quantitative estimate of drug-likeness (QED) is 0.845. The molecule has 6 heteroatoms. The summed E-state index contributed by atoms with van der Waals surface area (Å²) < 4.78 is 11.4. The Morgan fingerprint density at radius 1 is 1.24 bits per heavy atom. The third-order valence-corrected chi connectivity index (χ3v) is 4.00. The van der Waals surface area contributed by atoms with Gasteiger partial charge in [-0.25, -0.2) is 4.79 Å². The first kappa shape index (κ1) is 17.2. The number of nitrogens with zero attached hydrogens (tertiary/aromatic N) is 1. The van der Waals surface area contributed by atoms with E-state index in [1.54, 1.807) is 12.4 Å². The molecule has 1 saturated heterocycles. The van der Waals surface area contributed by atoms with Crippen molar-refractivity contribution in [1.29, 1.82) is 0 Å². The number of nitrogens with one attached hydrogen (secondary N) is 2. The minimum atomic E-state index is -0.256. The molecule has 6 nitrogen and oxygen atoms in total. The summed E-state index contributed by atoms with van der Waals surface area (Å²) in [4.78, 5) is 15.9. The zero-order chi connectivity index (χ0) is 17.3. The van der Waals surface area contributed by atoms with Crippen molar-refractivity contribution in [3.63, 3.8) is 0 Å². The topological polar surface area (TPSA) is 72.5 Å². The molecule has 0 aliphatic carbocycles. The van der Waals surface area contributed by atoms with Crippen LogP contribution in [0.15, 0.2) is 48.8 Å². The first-order valence-electron chi connectivity index (χ1n) is 8.58. The molecule has 1 aromatic carbocycles. The SMILES string of the molecule is O=C(NCc1cccnc1)Nc1ccc(OCC2CCCCO2)cc1. The lowest BCUT2D eigenvalue weighted by Gasteiger charge is -2.22. The number of hydrogen-bond acceptors (Lipinski definition) is 4. The predicted molar refractivity (Wildman–Crippen MR) is 95.6 cm³/mol. The number of ether oxygens (including phenoxy) is 2. The van der Waals surface area contributed by atoms with Crippen LogP contribution in [0, 0.1) is 0 Å². The Balaban J connectivity index is 1.41. The fourth-order valence-electron chi connectivity index (χ4n) is 2.62. The number of amides is 2. The van der Waals surface area contributed by atoms with Crippen molar-refractivity contribution in [3.05, 3.63) is 54.4 Å². The van der Waals surface area contributed by atoms with Gasteiger partial charge in [0.25, 0.3) is 0 Å². The van der Waals surface area contributed by atoms with Gasteiger partial charge in [-0.15, -0.1) is 0 Å². The Morgan fingerprint density at radius 2 is 2.12 bits per heavy atom. The molecule has 2 aromatic rings. The Labute approximate surface area is 147 Å². The van der Waals surface area contributed by atoms with Gasteiger partial charge in [0, 0.05) is 31.2 Å². The van der Waals surface area contributed by atoms with Gasteiger partial charge in [0.2, 0.25) is 0 Å². The molecule has 1 fully saturated rings. The summed E-state index contributed by atoms with van der Waals surface area (Å²) in [7, 11) is 0. The molecule has 2 heterocycles. The highest BCUT2D eigenvalue weighted by Gasteiger charge is 2.14. The maximum atomic E-state index is 11.9. The first-order chi connectivity index (χ1) is 12.3. The van der Waals surface area contributed by atoms with E-state index in [0.717, 1.165) is 30.8 Å². The molecule has 1 aliphatic heterocycles. The third kappa shape index (κ3) is 5.76. The van der Waals surface area contributed by atoms with Gasteiger partial charge in [-0.3, -0.25) is 4.98 Å². The van der Waals surface area contributed by atoms with Gasteiger partial charge in [-0.2, -0.15) is 0 Å². The average Bonchev–Trinajstić information content (AvgIpc) is 2.67. The lowest BCUT2D eigenvalue weighted by atomic mass is 10.1. The predicted octanol–water partition coefficient (Wildman–Crippen LogP) is 3.35. The average molecular weight is 341 g/mol. The Kier molecular flexibility index (Phi) is 6.23. The molecule has 3 rings (SSSR count). The number of hydrogen-bond donors (Lipinski definition) is 2. The Hall–Kier alpha value is -2.60. The summed E-state index contributed by atoms with van der Waals surface area (Å²) in [6.07, 6.45) is 7.00. The molecule has 2 N–H and O–H groups in total. The van der Waals surface area contributed by atoms with Gasteiger partial charge in [0.05, 0.1) is 6.10 Å². The maximum absolute atomic E-state index is 11.9. The van der Waals surface area contributed by atoms with Gasteiger partial charge in [0.15, 0.2) is 0 Å². The van der Waals surface area contributed by atoms with Crippen LogP contribution < -0.4 is 15.4 Å². The van der Waals surface area contributed by atoms with Crippen LogP contribution in [0.25, 0.3) is 0 Å². The van der Waals surface area contributed by atoms with Crippen LogP contribution in [0.3, 0.4) is 0 Å². The zero-order valence-corrected chi connectivity index (χ0v) is 14.1. The van der Waals surface area contributed by atoms with Gasteiger partial charge in [-0.1, -0.05) is 6.07 Å². The summed E-state index contributed by atoms with van der Waals surface area (Å²) in [6.45, 7) is 1.83. The molecular formula is C19H23N3O3. The number of urea groups is 1. The second kappa shape index (κ2) is 9.03. The van der Waals surface area contributed by atoms with E-state index < -0.39 is 0 Å². The molecule has 1 unspecified atom stereocenters. The Bertz CT molecular complexity index is 655. The molecule has 25 heavy (non-hydrogen) atoms. The smallest absolute Gasteiger partial charge is 0.319 e. The standard InChI is InChI=1S/C19H23N3O3/c23-19(21-13-15-4-3-10-20-12-15)22-16-6-8-17(9-7-16)25-14-18-5-1-2-11-24-18/h3-4,6-10,12,18H,1-2,5,11,13-14H2,(H2,21,22,23). The fourth-order valence-corrected chi connectivity index (χ4v) is 2.62. The van der Waals surface area contributed by atoms with Crippen LogP contribution in [0.5, 0.6) is 5.75 Å². The first-order valence-corrected chi connectivity index (χ1v) is 8.58. The van der Waals surface area contributed by atoms with Crippen molar-refractivity contribution >= 4 is 11.7 Å². The van der Waals surface area contributed by atoms with E-state index in [4.69, 9.17) is 9.47 Å². The van der Waals surface area contributed by atoms with Crippen molar-refractivity contribution in [2.75, 3.05) is 18.5 Å². The minimum Gasteiger partial charge on any atom is -0.491 e. The van der Waals surface area contributed by atoms with Crippen LogP contribution in [-0.2, 0) is 11.3 Å². The van der Waals surface area contributed by atoms with Gasteiger partial charge in [-0.05, 0) is 55.2 Å². The van der Waals surface area contributed by atoms with Crippen molar-refractivity contribution < 1.29 is 14.3 Å². The highest BCUT2D eigenvalue weighted by atomic mass is 16.5. The van der Waals surface area contributed by atoms with Gasteiger partial charge >= 0.3 is 6.03 Å². The molecule has 1 atom stereocenters. The normalized spacial score (nSPS) is 16.9. The summed E-state index contributed by atoms with van der Waals surface area (Å²) in [5, 5.41) is 5.59. The summed E-state index contributed by atoms with van der Waals surface area (Å²) >= 11 is 0. The van der Waals surface area contributed by atoms with E-state index in [1.165, 1.54) is 6.42 Å². The van der Waals surface area contributed by atoms with Crippen molar-refractivity contribution in [2.45, 2.75) is 31.9 Å². The molecule has 0 radical (unpaired) electrons. The molecule has 132 valence electrons. The number of rotatable bonds is 6. The monoisotopic (exact) mass is 341 g/mol. The van der Waals surface area contributed by atoms with Crippen LogP contribution in [0.4, 0.5) is 10.5 Å². The zero-order valence-electron chi connectivity index (χ0n) is 14.1. The Morgan fingerprint density at radius 3 is 2.84 bits per heavy atom. The highest BCUT2D eigenvalue weighted by molar-refractivity contribution is 5.89. The van der Waals surface area contributed by atoms with Gasteiger partial charge in [0.1, 0.15) is 12.4 Å². The van der Waals surface area contributed by atoms with E-state index in [2.05, 4.69) is 15.6 Å². The summed E-state index contributed by atoms with van der Waals surface area (Å²) in [6, 6.07) is 10.8. The van der Waals surface area contributed by atoms with Gasteiger partial charge < -0.3 is 20.1 Å². The minimum absolute atomic E-state index is 0.185. The van der Waals surface area contributed by atoms with Crippen molar-refractivity contribution in [3.8, 4) is 5.75 Å². The van der Waals surface area contributed by atoms with Crippen LogP contribution in [0.1, 0.15) is 24.8 Å².